The smallest absolute Gasteiger partial charge is 0.267 e. The summed E-state index contributed by atoms with van der Waals surface area (Å²) in [6, 6.07) is 6.08. The zero-order valence-electron chi connectivity index (χ0n) is 6.05. The second-order valence-corrected chi connectivity index (χ2v) is 2.04. The van der Waals surface area contributed by atoms with Crippen LogP contribution in [0, 0.1) is 0 Å². The van der Waals surface area contributed by atoms with Crippen LogP contribution >= 0.6 is 0 Å². The fourth-order valence-electron chi connectivity index (χ4n) is 0.847. The highest BCUT2D eigenvalue weighted by molar-refractivity contribution is 5.33. The SMILES string of the molecule is COc1ccccc1C(F)F. The van der Waals surface area contributed by atoms with E-state index in [2.05, 4.69) is 0 Å². The fraction of sp³-hybridized carbons (Fsp3) is 0.250. The van der Waals surface area contributed by atoms with Crippen LogP contribution < -0.4 is 4.74 Å². The van der Waals surface area contributed by atoms with Crippen molar-refractivity contribution < 1.29 is 13.5 Å². The molecule has 0 bridgehead atoms. The molecule has 0 unspecified atom stereocenters. The van der Waals surface area contributed by atoms with Crippen molar-refractivity contribution in [1.29, 1.82) is 0 Å². The van der Waals surface area contributed by atoms with E-state index in [0.29, 0.717) is 0 Å². The average molecular weight is 158 g/mol. The molecule has 3 heteroatoms. The van der Waals surface area contributed by atoms with Gasteiger partial charge >= 0.3 is 0 Å². The Morgan fingerprint density at radius 1 is 1.27 bits per heavy atom. The van der Waals surface area contributed by atoms with E-state index in [0.717, 1.165) is 0 Å². The number of ether oxygens (including phenoxy) is 1. The molecule has 0 N–H and O–H groups in total. The molecule has 0 aliphatic heterocycles. The first-order valence-electron chi connectivity index (χ1n) is 3.16. The lowest BCUT2D eigenvalue weighted by Gasteiger charge is -2.05. The third kappa shape index (κ3) is 1.67. The van der Waals surface area contributed by atoms with Crippen LogP contribution in [0.2, 0.25) is 0 Å². The van der Waals surface area contributed by atoms with Crippen LogP contribution in [0.25, 0.3) is 0 Å². The Bertz CT molecular complexity index is 235. The molecule has 60 valence electrons. The summed E-state index contributed by atoms with van der Waals surface area (Å²) in [5.41, 5.74) is -0.0602. The molecule has 0 aromatic heterocycles. The number of halogens is 2. The van der Waals surface area contributed by atoms with E-state index in [1.807, 2.05) is 0 Å². The van der Waals surface area contributed by atoms with Crippen LogP contribution in [0.3, 0.4) is 0 Å². The van der Waals surface area contributed by atoms with Crippen molar-refractivity contribution in [3.05, 3.63) is 29.8 Å². The van der Waals surface area contributed by atoms with Gasteiger partial charge < -0.3 is 4.74 Å². The largest absolute Gasteiger partial charge is 0.496 e. The molecule has 0 heterocycles. The van der Waals surface area contributed by atoms with Gasteiger partial charge in [0.2, 0.25) is 0 Å². The van der Waals surface area contributed by atoms with Gasteiger partial charge in [-0.3, -0.25) is 0 Å². The number of para-hydroxylation sites is 1. The average Bonchev–Trinajstić information content (AvgIpc) is 2.04. The molecule has 0 amide bonds. The van der Waals surface area contributed by atoms with E-state index in [9.17, 15) is 8.78 Å². The summed E-state index contributed by atoms with van der Waals surface area (Å²) in [6.07, 6.45) is -2.47. The molecule has 11 heavy (non-hydrogen) atoms. The second kappa shape index (κ2) is 3.32. The van der Waals surface area contributed by atoms with Gasteiger partial charge in [0, 0.05) is 0 Å². The quantitative estimate of drug-likeness (QED) is 0.642. The van der Waals surface area contributed by atoms with Crippen molar-refractivity contribution in [1.82, 2.24) is 0 Å². The minimum absolute atomic E-state index is 0.0602. The van der Waals surface area contributed by atoms with Crippen molar-refractivity contribution in [3.63, 3.8) is 0 Å². The van der Waals surface area contributed by atoms with Crippen molar-refractivity contribution in [2.45, 2.75) is 6.43 Å². The summed E-state index contributed by atoms with van der Waals surface area (Å²) >= 11 is 0. The molecule has 0 saturated heterocycles. The van der Waals surface area contributed by atoms with Gasteiger partial charge in [-0.2, -0.15) is 0 Å². The molecule has 0 atom stereocenters. The zero-order chi connectivity index (χ0) is 8.27. The van der Waals surface area contributed by atoms with Gasteiger partial charge in [0.15, 0.2) is 0 Å². The molecule has 1 rings (SSSR count). The van der Waals surface area contributed by atoms with Crippen LogP contribution in [0.5, 0.6) is 5.75 Å². The molecule has 0 saturated carbocycles. The first-order chi connectivity index (χ1) is 5.25. The van der Waals surface area contributed by atoms with Crippen LogP contribution in [-0.4, -0.2) is 7.11 Å². The minimum Gasteiger partial charge on any atom is -0.496 e. The van der Waals surface area contributed by atoms with Crippen LogP contribution in [0.4, 0.5) is 8.78 Å². The van der Waals surface area contributed by atoms with Gasteiger partial charge in [-0.15, -0.1) is 0 Å². The van der Waals surface area contributed by atoms with E-state index < -0.39 is 6.43 Å². The Morgan fingerprint density at radius 2 is 1.91 bits per heavy atom. The molecular formula is C8H8F2O. The van der Waals surface area contributed by atoms with Crippen LogP contribution in [0.15, 0.2) is 24.3 Å². The van der Waals surface area contributed by atoms with Crippen LogP contribution in [0.1, 0.15) is 12.0 Å². The Morgan fingerprint density at radius 3 is 2.36 bits per heavy atom. The summed E-state index contributed by atoms with van der Waals surface area (Å²) in [4.78, 5) is 0. The van der Waals surface area contributed by atoms with Crippen LogP contribution in [-0.2, 0) is 0 Å². The molecule has 0 aliphatic rings. The summed E-state index contributed by atoms with van der Waals surface area (Å²) in [7, 11) is 1.38. The van der Waals surface area contributed by atoms with E-state index in [1.165, 1.54) is 19.2 Å². The standard InChI is InChI=1S/C8H8F2O/c1-11-7-5-3-2-4-6(7)8(9)10/h2-5,8H,1H3. The van der Waals surface area contributed by atoms with E-state index in [-0.39, 0.29) is 11.3 Å². The number of hydrogen-bond acceptors (Lipinski definition) is 1. The lowest BCUT2D eigenvalue weighted by Crippen LogP contribution is -1.90. The van der Waals surface area contributed by atoms with E-state index >= 15 is 0 Å². The third-order valence-electron chi connectivity index (χ3n) is 1.37. The minimum atomic E-state index is -2.47. The molecule has 0 fully saturated rings. The Hall–Kier alpha value is -1.12. The van der Waals surface area contributed by atoms with Gasteiger partial charge in [-0.05, 0) is 12.1 Å². The normalized spacial score (nSPS) is 10.2. The highest BCUT2D eigenvalue weighted by atomic mass is 19.3. The predicted molar refractivity (Wildman–Crippen MR) is 38.0 cm³/mol. The predicted octanol–water partition coefficient (Wildman–Crippen LogP) is 2.63. The lowest BCUT2D eigenvalue weighted by molar-refractivity contribution is 0.147. The first kappa shape index (κ1) is 7.98. The highest BCUT2D eigenvalue weighted by Crippen LogP contribution is 2.27. The molecule has 0 aliphatic carbocycles. The van der Waals surface area contributed by atoms with Crippen molar-refractivity contribution >= 4 is 0 Å². The number of hydrogen-bond donors (Lipinski definition) is 0. The summed E-state index contributed by atoms with van der Waals surface area (Å²) in [5, 5.41) is 0. The molecular weight excluding hydrogens is 150 g/mol. The van der Waals surface area contributed by atoms with Crippen molar-refractivity contribution in [2.24, 2.45) is 0 Å². The molecule has 1 aromatic rings. The van der Waals surface area contributed by atoms with Gasteiger partial charge in [0.25, 0.3) is 6.43 Å². The molecule has 0 radical (unpaired) electrons. The van der Waals surface area contributed by atoms with Gasteiger partial charge in [0.1, 0.15) is 5.75 Å². The molecule has 1 nitrogen and oxygen atoms in total. The number of benzene rings is 1. The monoisotopic (exact) mass is 158 g/mol. The first-order valence-corrected chi connectivity index (χ1v) is 3.16. The van der Waals surface area contributed by atoms with Gasteiger partial charge in [-0.25, -0.2) is 8.78 Å². The lowest BCUT2D eigenvalue weighted by atomic mass is 10.2. The van der Waals surface area contributed by atoms with Gasteiger partial charge in [-0.1, -0.05) is 12.1 Å². The maximum Gasteiger partial charge on any atom is 0.267 e. The maximum atomic E-state index is 12.1. The Labute approximate surface area is 63.6 Å². The third-order valence-corrected chi connectivity index (χ3v) is 1.37. The highest BCUT2D eigenvalue weighted by Gasteiger charge is 2.11. The Kier molecular flexibility index (Phi) is 2.41. The summed E-state index contributed by atoms with van der Waals surface area (Å²) < 4.78 is 29.0. The zero-order valence-corrected chi connectivity index (χ0v) is 6.05. The van der Waals surface area contributed by atoms with Crippen molar-refractivity contribution in [3.8, 4) is 5.75 Å². The summed E-state index contributed by atoms with van der Waals surface area (Å²) in [5.74, 6) is 0.238. The van der Waals surface area contributed by atoms with E-state index in [4.69, 9.17) is 4.74 Å². The number of rotatable bonds is 2. The maximum absolute atomic E-state index is 12.1. The molecule has 1 aromatic carbocycles. The van der Waals surface area contributed by atoms with Gasteiger partial charge in [0.05, 0.1) is 12.7 Å². The number of methoxy groups -OCH3 is 1. The topological polar surface area (TPSA) is 9.23 Å². The van der Waals surface area contributed by atoms with E-state index in [1.54, 1.807) is 12.1 Å². The fourth-order valence-corrected chi connectivity index (χ4v) is 0.847. The summed E-state index contributed by atoms with van der Waals surface area (Å²) in [6.45, 7) is 0. The molecule has 0 spiro atoms. The second-order valence-electron chi connectivity index (χ2n) is 2.04. The number of alkyl halides is 2. The van der Waals surface area contributed by atoms with Crippen molar-refractivity contribution in [2.75, 3.05) is 7.11 Å². The Balaban J connectivity index is 3.02.